The molecule has 1 unspecified atom stereocenters. The molecule has 0 aliphatic heterocycles. The first-order chi connectivity index (χ1) is 9.32. The number of rotatable bonds is 6. The van der Waals surface area contributed by atoms with E-state index in [1.807, 2.05) is 30.3 Å². The third-order valence-electron chi connectivity index (χ3n) is 2.28. The minimum atomic E-state index is -1.17. The number of aliphatic carboxylic acids is 2. The van der Waals surface area contributed by atoms with Crippen molar-refractivity contribution in [1.29, 1.82) is 0 Å². The zero-order chi connectivity index (χ0) is 15.5. The first-order valence-electron chi connectivity index (χ1n) is 6.06. The van der Waals surface area contributed by atoms with E-state index in [0.717, 1.165) is 5.56 Å². The van der Waals surface area contributed by atoms with Gasteiger partial charge in [0.2, 0.25) is 0 Å². The van der Waals surface area contributed by atoms with E-state index in [4.69, 9.17) is 15.9 Å². The summed E-state index contributed by atoms with van der Waals surface area (Å²) in [6.45, 7) is 0. The molecule has 104 valence electrons. The average Bonchev–Trinajstić information content (AvgIpc) is 2.37. The fourth-order valence-corrected chi connectivity index (χ4v) is 1.69. The van der Waals surface area contributed by atoms with Gasteiger partial charge in [-0.25, -0.2) is 0 Å². The van der Waals surface area contributed by atoms with Crippen molar-refractivity contribution < 1.29 is 24.6 Å². The Kier molecular flexibility index (Phi) is 9.92. The molecule has 4 N–H and O–H groups in total. The molecule has 0 aromatic heterocycles. The van der Waals surface area contributed by atoms with Gasteiger partial charge in [0.05, 0.1) is 0 Å². The van der Waals surface area contributed by atoms with E-state index in [0.29, 0.717) is 37.4 Å². The number of nitrogens with two attached hydrogens (primary N) is 1. The fraction of sp³-hybridized carbons (Fsp3) is 0.308. The van der Waals surface area contributed by atoms with Crippen molar-refractivity contribution in [2.24, 2.45) is 5.73 Å². The quantitative estimate of drug-likeness (QED) is 0.643. The summed E-state index contributed by atoms with van der Waals surface area (Å²) in [6, 6.07) is 8.78. The standard InChI is InChI=1S/C8H7O.C5H9NO4.Na/c9-7-6-8-4-2-1-3-5-8;6-3(5(9)10)1-2-4(7)8;/h1-5H,6H2;3H,1-2,6H2,(H,7,8)(H,9,10);. The molecule has 0 saturated carbocycles. The summed E-state index contributed by atoms with van der Waals surface area (Å²) in [7, 11) is 0. The van der Waals surface area contributed by atoms with Crippen LogP contribution in [0.5, 0.6) is 0 Å². The molecule has 1 rings (SSSR count). The number of carbonyl (C=O) groups excluding carboxylic acids is 1. The van der Waals surface area contributed by atoms with Crippen LogP contribution >= 0.6 is 0 Å². The van der Waals surface area contributed by atoms with Gasteiger partial charge in [-0.05, 0) is 6.42 Å². The van der Waals surface area contributed by atoms with Crippen molar-refractivity contribution in [3.63, 3.8) is 0 Å². The summed E-state index contributed by atoms with van der Waals surface area (Å²) in [4.78, 5) is 30.5. The molecule has 0 aliphatic rings. The second-order valence-corrected chi connectivity index (χ2v) is 5.36. The third-order valence-corrected chi connectivity index (χ3v) is 2.64. The Morgan fingerprint density at radius 3 is 2.10 bits per heavy atom. The molecular formula is C13H16NNaO5. The molecular weight excluding hydrogens is 273 g/mol. The van der Waals surface area contributed by atoms with Crippen LogP contribution in [0.25, 0.3) is 0 Å². The van der Waals surface area contributed by atoms with E-state index in [1.54, 1.807) is 0 Å². The molecule has 6 nitrogen and oxygen atoms in total. The van der Waals surface area contributed by atoms with Gasteiger partial charge in [-0.3, -0.25) is 9.59 Å². The van der Waals surface area contributed by atoms with Gasteiger partial charge < -0.3 is 15.9 Å². The number of hydrogen-bond acceptors (Lipinski definition) is 4. The Morgan fingerprint density at radius 1 is 1.15 bits per heavy atom. The molecule has 1 aromatic carbocycles. The summed E-state index contributed by atoms with van der Waals surface area (Å²) in [5, 5.41) is 16.3. The molecule has 0 heterocycles. The Balaban J connectivity index is 0.000000361. The normalized spacial score (nSPS) is 10.9. The van der Waals surface area contributed by atoms with Gasteiger partial charge in [0.1, 0.15) is 6.04 Å². The second kappa shape index (κ2) is 10.6. The topological polar surface area (TPSA) is 118 Å². The molecule has 0 fully saturated rings. The summed E-state index contributed by atoms with van der Waals surface area (Å²) in [5.41, 5.74) is 6.13. The van der Waals surface area contributed by atoms with Crippen LogP contribution in [0.3, 0.4) is 0 Å². The summed E-state index contributed by atoms with van der Waals surface area (Å²) < 4.78 is 0.353. The SMILES string of the molecule is NC(CCC(=O)O)C(=O)O.O=[C]([Na])Cc1ccccc1. The fourth-order valence-electron chi connectivity index (χ4n) is 1.29. The Bertz CT molecular complexity index is 449. The summed E-state index contributed by atoms with van der Waals surface area (Å²) >= 11 is 0.665. The first-order valence-corrected chi connectivity index (χ1v) is 7.06. The number of carboxylic acids is 2. The molecule has 0 spiro atoms. The van der Waals surface area contributed by atoms with Crippen molar-refractivity contribution in [3.05, 3.63) is 35.9 Å². The molecule has 0 radical (unpaired) electrons. The predicted octanol–water partition coefficient (Wildman–Crippen LogP) is 0.187. The molecule has 0 amide bonds. The van der Waals surface area contributed by atoms with Crippen LogP contribution in [-0.4, -0.2) is 59.2 Å². The van der Waals surface area contributed by atoms with E-state index >= 15 is 0 Å². The summed E-state index contributed by atoms with van der Waals surface area (Å²) in [5.74, 6) is -2.20. The summed E-state index contributed by atoms with van der Waals surface area (Å²) in [6.07, 6.45) is 0.394. The van der Waals surface area contributed by atoms with Crippen molar-refractivity contribution in [2.45, 2.75) is 25.3 Å². The van der Waals surface area contributed by atoms with Gasteiger partial charge in [0.15, 0.2) is 0 Å². The Labute approximate surface area is 134 Å². The monoisotopic (exact) mass is 289 g/mol. The molecule has 7 heteroatoms. The number of benzene rings is 1. The molecule has 0 aliphatic carbocycles. The maximum absolute atomic E-state index is 10.7. The van der Waals surface area contributed by atoms with E-state index in [-0.39, 0.29) is 12.8 Å². The van der Waals surface area contributed by atoms with Crippen molar-refractivity contribution in [2.75, 3.05) is 0 Å². The molecule has 20 heavy (non-hydrogen) atoms. The van der Waals surface area contributed by atoms with Crippen molar-refractivity contribution in [1.82, 2.24) is 0 Å². The van der Waals surface area contributed by atoms with Crippen molar-refractivity contribution in [3.8, 4) is 0 Å². The van der Waals surface area contributed by atoms with Gasteiger partial charge in [-0.2, -0.15) is 0 Å². The van der Waals surface area contributed by atoms with E-state index in [2.05, 4.69) is 0 Å². The molecule has 1 aromatic rings. The van der Waals surface area contributed by atoms with E-state index in [9.17, 15) is 14.4 Å². The van der Waals surface area contributed by atoms with Crippen LogP contribution in [0.15, 0.2) is 30.3 Å². The Hall–Kier alpha value is -1.21. The number of carboxylic acid groups (broad SMARTS) is 2. The van der Waals surface area contributed by atoms with E-state index < -0.39 is 18.0 Å². The first kappa shape index (κ1) is 18.8. The van der Waals surface area contributed by atoms with Crippen LogP contribution in [0.4, 0.5) is 0 Å². The second-order valence-electron chi connectivity index (χ2n) is 4.24. The minimum absolute atomic E-state index is 0.0231. The average molecular weight is 289 g/mol. The van der Waals surface area contributed by atoms with Crippen LogP contribution < -0.4 is 5.73 Å². The van der Waals surface area contributed by atoms with Gasteiger partial charge >= 0.3 is 90.0 Å². The van der Waals surface area contributed by atoms with Crippen molar-refractivity contribution >= 4 is 42.9 Å². The zero-order valence-corrected chi connectivity index (χ0v) is 13.3. The third kappa shape index (κ3) is 10.7. The van der Waals surface area contributed by atoms with Gasteiger partial charge in [-0.15, -0.1) is 0 Å². The number of hydrogen-bond donors (Lipinski definition) is 3. The molecule has 0 bridgehead atoms. The Morgan fingerprint density at radius 2 is 1.70 bits per heavy atom. The van der Waals surface area contributed by atoms with Crippen LogP contribution in [0.2, 0.25) is 0 Å². The molecule has 0 saturated heterocycles. The van der Waals surface area contributed by atoms with Gasteiger partial charge in [0.25, 0.3) is 0 Å². The van der Waals surface area contributed by atoms with Crippen LogP contribution in [-0.2, 0) is 20.8 Å². The van der Waals surface area contributed by atoms with Crippen LogP contribution in [0.1, 0.15) is 18.4 Å². The van der Waals surface area contributed by atoms with Crippen LogP contribution in [0, 0.1) is 0 Å². The maximum atomic E-state index is 10.7. The molecule has 1 atom stereocenters. The van der Waals surface area contributed by atoms with Gasteiger partial charge in [-0.1, -0.05) is 0 Å². The zero-order valence-electron chi connectivity index (χ0n) is 11.3. The van der Waals surface area contributed by atoms with Gasteiger partial charge in [0, 0.05) is 6.42 Å². The van der Waals surface area contributed by atoms with E-state index in [1.165, 1.54) is 0 Å². The predicted molar refractivity (Wildman–Crippen MR) is 73.4 cm³/mol. The number of carbonyl (C=O) groups is 3.